The fourth-order valence-corrected chi connectivity index (χ4v) is 1.92. The van der Waals surface area contributed by atoms with Crippen molar-refractivity contribution in [3.63, 3.8) is 0 Å². The molecule has 1 aromatic rings. The Labute approximate surface area is 75.7 Å². The van der Waals surface area contributed by atoms with Crippen molar-refractivity contribution in [3.8, 4) is 0 Å². The highest BCUT2D eigenvalue weighted by Gasteiger charge is 2.13. The minimum atomic E-state index is -3.72. The summed E-state index contributed by atoms with van der Waals surface area (Å²) in [6.45, 7) is 0. The average molecular weight is 199 g/mol. The van der Waals surface area contributed by atoms with E-state index in [-0.39, 0.29) is 4.90 Å². The van der Waals surface area contributed by atoms with Gasteiger partial charge in [0.1, 0.15) is 0 Å². The highest BCUT2D eigenvalue weighted by atomic mass is 32.2. The van der Waals surface area contributed by atoms with Crippen LogP contribution in [0.1, 0.15) is 0 Å². The molecule has 5 heteroatoms. The van der Waals surface area contributed by atoms with Crippen LogP contribution in [0.5, 0.6) is 0 Å². The van der Waals surface area contributed by atoms with Crippen LogP contribution in [0.15, 0.2) is 35.2 Å². The van der Waals surface area contributed by atoms with Gasteiger partial charge >= 0.3 is 0 Å². The van der Waals surface area contributed by atoms with Crippen molar-refractivity contribution in [1.82, 2.24) is 0 Å². The monoisotopic (exact) mass is 199 g/mol. The van der Waals surface area contributed by atoms with Gasteiger partial charge in [0.15, 0.2) is 9.84 Å². The Kier molecular flexibility index (Phi) is 2.67. The van der Waals surface area contributed by atoms with Gasteiger partial charge in [0, 0.05) is 0 Å². The number of carboxylic acid groups (broad SMARTS) is 1. The van der Waals surface area contributed by atoms with Crippen LogP contribution in [0, 0.1) is 0 Å². The van der Waals surface area contributed by atoms with E-state index in [1.54, 1.807) is 6.07 Å². The van der Waals surface area contributed by atoms with Crippen molar-refractivity contribution in [1.29, 1.82) is 0 Å². The summed E-state index contributed by atoms with van der Waals surface area (Å²) in [5.74, 6) is -2.57. The van der Waals surface area contributed by atoms with E-state index in [0.29, 0.717) is 0 Å². The summed E-state index contributed by atoms with van der Waals surface area (Å²) in [6.07, 6.45) is 0. The first-order valence-electron chi connectivity index (χ1n) is 3.50. The van der Waals surface area contributed by atoms with Crippen molar-refractivity contribution >= 4 is 15.8 Å². The highest BCUT2D eigenvalue weighted by molar-refractivity contribution is 7.92. The Morgan fingerprint density at radius 3 is 2.23 bits per heavy atom. The molecule has 0 aliphatic carbocycles. The zero-order valence-corrected chi connectivity index (χ0v) is 7.45. The molecule has 0 N–H and O–H groups in total. The normalized spacial score (nSPS) is 11.1. The molecular formula is C8H7O4S-. The molecule has 0 saturated carbocycles. The standard InChI is InChI=1S/C8H8O4S/c9-8(10)6-13(11,12)7-4-2-1-3-5-7/h1-5H,6H2,(H,9,10)/p-1. The van der Waals surface area contributed by atoms with Gasteiger partial charge in [-0.3, -0.25) is 0 Å². The maximum atomic E-state index is 11.2. The van der Waals surface area contributed by atoms with E-state index < -0.39 is 21.6 Å². The van der Waals surface area contributed by atoms with E-state index in [2.05, 4.69) is 0 Å². The number of hydrogen-bond donors (Lipinski definition) is 0. The Morgan fingerprint density at radius 2 is 1.77 bits per heavy atom. The summed E-state index contributed by atoms with van der Waals surface area (Å²) in [6, 6.07) is 7.40. The number of sulfone groups is 1. The number of aliphatic carboxylic acids is 1. The van der Waals surface area contributed by atoms with E-state index in [1.807, 2.05) is 0 Å². The number of benzene rings is 1. The Balaban J connectivity index is 3.02. The number of rotatable bonds is 3. The van der Waals surface area contributed by atoms with Crippen molar-refractivity contribution in [3.05, 3.63) is 30.3 Å². The van der Waals surface area contributed by atoms with Gasteiger partial charge in [0.2, 0.25) is 0 Å². The first kappa shape index (κ1) is 9.73. The lowest BCUT2D eigenvalue weighted by Crippen LogP contribution is -2.30. The molecule has 1 rings (SSSR count). The van der Waals surface area contributed by atoms with Crippen LogP contribution >= 0.6 is 0 Å². The minimum Gasteiger partial charge on any atom is -0.549 e. The minimum absolute atomic E-state index is 0.000741. The summed E-state index contributed by atoms with van der Waals surface area (Å²) >= 11 is 0. The predicted octanol–water partition coefficient (Wildman–Crippen LogP) is -0.790. The van der Waals surface area contributed by atoms with E-state index >= 15 is 0 Å². The molecule has 70 valence electrons. The molecule has 0 amide bonds. The SMILES string of the molecule is O=C([O-])CS(=O)(=O)c1ccccc1. The quantitative estimate of drug-likeness (QED) is 0.639. The molecule has 0 saturated heterocycles. The van der Waals surface area contributed by atoms with Gasteiger partial charge in [0.05, 0.1) is 16.6 Å². The third-order valence-electron chi connectivity index (χ3n) is 1.41. The zero-order chi connectivity index (χ0) is 9.90. The van der Waals surface area contributed by atoms with Gasteiger partial charge in [0.25, 0.3) is 0 Å². The fourth-order valence-electron chi connectivity index (χ4n) is 0.866. The molecule has 0 aliphatic rings. The van der Waals surface area contributed by atoms with Crippen LogP contribution in [0.2, 0.25) is 0 Å². The first-order chi connectivity index (χ1) is 6.02. The van der Waals surface area contributed by atoms with E-state index in [9.17, 15) is 18.3 Å². The molecule has 0 fully saturated rings. The third kappa shape index (κ3) is 2.55. The van der Waals surface area contributed by atoms with Crippen molar-refractivity contribution in [2.45, 2.75) is 4.90 Å². The second kappa shape index (κ2) is 3.57. The smallest absolute Gasteiger partial charge is 0.183 e. The fraction of sp³-hybridized carbons (Fsp3) is 0.125. The van der Waals surface area contributed by atoms with Crippen molar-refractivity contribution < 1.29 is 18.3 Å². The molecule has 0 radical (unpaired) electrons. The molecule has 0 spiro atoms. The molecule has 0 bridgehead atoms. The van der Waals surface area contributed by atoms with E-state index in [4.69, 9.17) is 0 Å². The number of carbonyl (C=O) groups excluding carboxylic acids is 1. The summed E-state index contributed by atoms with van der Waals surface area (Å²) in [5, 5.41) is 10.1. The molecule has 0 heterocycles. The van der Waals surface area contributed by atoms with Crippen LogP contribution in [-0.2, 0) is 14.6 Å². The van der Waals surface area contributed by atoms with Gasteiger partial charge in [-0.1, -0.05) is 18.2 Å². The van der Waals surface area contributed by atoms with Gasteiger partial charge in [-0.2, -0.15) is 0 Å². The second-order valence-electron chi connectivity index (χ2n) is 2.44. The van der Waals surface area contributed by atoms with Gasteiger partial charge in [-0.15, -0.1) is 0 Å². The molecule has 0 atom stereocenters. The number of hydrogen-bond acceptors (Lipinski definition) is 4. The maximum absolute atomic E-state index is 11.2. The number of carboxylic acids is 1. The van der Waals surface area contributed by atoms with Gasteiger partial charge in [-0.25, -0.2) is 8.42 Å². The van der Waals surface area contributed by atoms with Gasteiger partial charge < -0.3 is 9.90 Å². The maximum Gasteiger partial charge on any atom is 0.183 e. The zero-order valence-electron chi connectivity index (χ0n) is 6.64. The van der Waals surface area contributed by atoms with E-state index in [1.165, 1.54) is 24.3 Å². The Hall–Kier alpha value is -1.36. The molecule has 1 aromatic carbocycles. The molecule has 0 aliphatic heterocycles. The Bertz CT molecular complexity index is 393. The third-order valence-corrected chi connectivity index (χ3v) is 3.02. The van der Waals surface area contributed by atoms with Crippen LogP contribution in [0.25, 0.3) is 0 Å². The highest BCUT2D eigenvalue weighted by Crippen LogP contribution is 2.08. The van der Waals surface area contributed by atoms with Crippen LogP contribution < -0.4 is 5.11 Å². The Morgan fingerprint density at radius 1 is 1.23 bits per heavy atom. The van der Waals surface area contributed by atoms with Crippen LogP contribution in [0.4, 0.5) is 0 Å². The summed E-state index contributed by atoms with van der Waals surface area (Å²) < 4.78 is 22.4. The lowest BCUT2D eigenvalue weighted by molar-refractivity contribution is -0.301. The second-order valence-corrected chi connectivity index (χ2v) is 4.43. The molecule has 0 aromatic heterocycles. The molecule has 0 unspecified atom stereocenters. The summed E-state index contributed by atoms with van der Waals surface area (Å²) in [5.41, 5.74) is 0. The summed E-state index contributed by atoms with van der Waals surface area (Å²) in [4.78, 5) is 10.1. The van der Waals surface area contributed by atoms with E-state index in [0.717, 1.165) is 0 Å². The number of carbonyl (C=O) groups is 1. The lowest BCUT2D eigenvalue weighted by Gasteiger charge is -2.03. The molecule has 13 heavy (non-hydrogen) atoms. The van der Waals surface area contributed by atoms with Crippen molar-refractivity contribution in [2.75, 3.05) is 5.75 Å². The van der Waals surface area contributed by atoms with Crippen molar-refractivity contribution in [2.24, 2.45) is 0 Å². The van der Waals surface area contributed by atoms with Gasteiger partial charge in [-0.05, 0) is 12.1 Å². The molecular weight excluding hydrogens is 192 g/mol. The average Bonchev–Trinajstić information content (AvgIpc) is 2.04. The van der Waals surface area contributed by atoms with Crippen LogP contribution in [-0.4, -0.2) is 20.1 Å². The lowest BCUT2D eigenvalue weighted by atomic mass is 10.4. The summed E-state index contributed by atoms with van der Waals surface area (Å²) in [7, 11) is -3.72. The first-order valence-corrected chi connectivity index (χ1v) is 5.15. The largest absolute Gasteiger partial charge is 0.549 e. The molecule has 4 nitrogen and oxygen atoms in total. The van der Waals surface area contributed by atoms with Crippen LogP contribution in [0.3, 0.4) is 0 Å². The predicted molar refractivity (Wildman–Crippen MR) is 43.5 cm³/mol. The topological polar surface area (TPSA) is 74.3 Å².